The first kappa shape index (κ1) is 6.53. The molecule has 0 unspecified atom stereocenters. The van der Waals surface area contributed by atoms with Crippen LogP contribution in [0.1, 0.15) is 0 Å². The van der Waals surface area contributed by atoms with Crippen LogP contribution in [-0.4, -0.2) is 9.97 Å². The van der Waals surface area contributed by atoms with E-state index in [-0.39, 0.29) is 0 Å². The van der Waals surface area contributed by atoms with E-state index < -0.39 is 0 Å². The summed E-state index contributed by atoms with van der Waals surface area (Å²) in [4.78, 5) is 7.61. The fourth-order valence-corrected chi connectivity index (χ4v) is 0.781. The standard InChI is InChI=1S/C4H5IN4/c5-4-8-1-2(6)3(7)9-4/h1H,6H2,(H2,7,8,9). The van der Waals surface area contributed by atoms with Gasteiger partial charge in [-0.3, -0.25) is 0 Å². The molecule has 4 nitrogen and oxygen atoms in total. The molecule has 0 aromatic carbocycles. The van der Waals surface area contributed by atoms with Crippen molar-refractivity contribution in [1.82, 2.24) is 9.97 Å². The first-order valence-corrected chi connectivity index (χ1v) is 3.31. The Bertz CT molecular complexity index is 224. The van der Waals surface area contributed by atoms with Crippen LogP contribution in [0.2, 0.25) is 0 Å². The number of anilines is 2. The van der Waals surface area contributed by atoms with E-state index >= 15 is 0 Å². The summed E-state index contributed by atoms with van der Waals surface area (Å²) >= 11 is 1.96. The molecule has 4 N–H and O–H groups in total. The minimum Gasteiger partial charge on any atom is -0.394 e. The molecular formula is C4H5IN4. The second-order valence-corrected chi connectivity index (χ2v) is 2.44. The fraction of sp³-hybridized carbons (Fsp3) is 0. The number of rotatable bonds is 0. The summed E-state index contributed by atoms with van der Waals surface area (Å²) in [7, 11) is 0. The number of nitrogens with two attached hydrogens (primary N) is 2. The Hall–Kier alpha value is -0.590. The molecule has 0 spiro atoms. The van der Waals surface area contributed by atoms with Crippen LogP contribution in [0.25, 0.3) is 0 Å². The van der Waals surface area contributed by atoms with Gasteiger partial charge in [-0.15, -0.1) is 0 Å². The molecular weight excluding hydrogens is 231 g/mol. The highest BCUT2D eigenvalue weighted by Gasteiger charge is 1.94. The summed E-state index contributed by atoms with van der Waals surface area (Å²) < 4.78 is 0.610. The first-order valence-electron chi connectivity index (χ1n) is 2.23. The Morgan fingerprint density at radius 3 is 2.56 bits per heavy atom. The normalized spacial score (nSPS) is 9.44. The van der Waals surface area contributed by atoms with E-state index in [0.29, 0.717) is 15.3 Å². The molecule has 0 aliphatic carbocycles. The lowest BCUT2D eigenvalue weighted by atomic mass is 10.5. The summed E-state index contributed by atoms with van der Waals surface area (Å²) in [6, 6.07) is 0. The summed E-state index contributed by atoms with van der Waals surface area (Å²) in [6.07, 6.45) is 1.49. The molecule has 0 atom stereocenters. The van der Waals surface area contributed by atoms with Gasteiger partial charge in [0.2, 0.25) is 0 Å². The lowest BCUT2D eigenvalue weighted by molar-refractivity contribution is 1.12. The summed E-state index contributed by atoms with van der Waals surface area (Å²) in [5.41, 5.74) is 11.1. The maximum Gasteiger partial charge on any atom is 0.192 e. The molecule has 1 rings (SSSR count). The van der Waals surface area contributed by atoms with E-state index in [1.165, 1.54) is 6.20 Å². The van der Waals surface area contributed by atoms with E-state index in [4.69, 9.17) is 11.5 Å². The van der Waals surface area contributed by atoms with Gasteiger partial charge < -0.3 is 11.5 Å². The summed E-state index contributed by atoms with van der Waals surface area (Å²) in [5.74, 6) is 0.342. The van der Waals surface area contributed by atoms with Gasteiger partial charge in [-0.05, 0) is 0 Å². The highest BCUT2D eigenvalue weighted by atomic mass is 127. The van der Waals surface area contributed by atoms with Crippen molar-refractivity contribution in [2.24, 2.45) is 0 Å². The van der Waals surface area contributed by atoms with Crippen LogP contribution >= 0.6 is 22.6 Å². The van der Waals surface area contributed by atoms with Gasteiger partial charge in [0.25, 0.3) is 0 Å². The number of hydrogen-bond acceptors (Lipinski definition) is 4. The van der Waals surface area contributed by atoms with Crippen molar-refractivity contribution in [2.45, 2.75) is 0 Å². The Kier molecular flexibility index (Phi) is 1.70. The third-order valence-electron chi connectivity index (χ3n) is 0.819. The molecule has 0 saturated heterocycles. The summed E-state index contributed by atoms with van der Waals surface area (Å²) in [6.45, 7) is 0. The molecule has 1 heterocycles. The van der Waals surface area contributed by atoms with Crippen molar-refractivity contribution >= 4 is 34.1 Å². The lowest BCUT2D eigenvalue weighted by Crippen LogP contribution is -2.00. The largest absolute Gasteiger partial charge is 0.394 e. The van der Waals surface area contributed by atoms with Gasteiger partial charge in [-0.25, -0.2) is 9.97 Å². The molecule has 9 heavy (non-hydrogen) atoms. The van der Waals surface area contributed by atoms with Crippen LogP contribution in [0.5, 0.6) is 0 Å². The molecule has 5 heteroatoms. The van der Waals surface area contributed by atoms with Crippen LogP contribution in [0.15, 0.2) is 6.20 Å². The second kappa shape index (κ2) is 2.34. The molecule has 0 saturated carbocycles. The smallest absolute Gasteiger partial charge is 0.192 e. The third kappa shape index (κ3) is 1.41. The second-order valence-electron chi connectivity index (χ2n) is 1.48. The molecule has 0 radical (unpaired) electrons. The van der Waals surface area contributed by atoms with Gasteiger partial charge in [0.15, 0.2) is 9.65 Å². The van der Waals surface area contributed by atoms with Gasteiger partial charge in [0, 0.05) is 22.6 Å². The average molecular weight is 236 g/mol. The van der Waals surface area contributed by atoms with Crippen molar-refractivity contribution in [3.8, 4) is 0 Å². The molecule has 0 aliphatic heterocycles. The fourth-order valence-electron chi connectivity index (χ4n) is 0.382. The maximum atomic E-state index is 5.34. The Labute approximate surface area is 65.8 Å². The van der Waals surface area contributed by atoms with E-state index in [0.717, 1.165) is 0 Å². The lowest BCUT2D eigenvalue weighted by Gasteiger charge is -1.95. The van der Waals surface area contributed by atoms with Crippen molar-refractivity contribution in [1.29, 1.82) is 0 Å². The van der Waals surface area contributed by atoms with Gasteiger partial charge in [0.05, 0.1) is 11.9 Å². The van der Waals surface area contributed by atoms with Gasteiger partial charge >= 0.3 is 0 Å². The highest BCUT2D eigenvalue weighted by Crippen LogP contribution is 2.08. The molecule has 1 aromatic rings. The van der Waals surface area contributed by atoms with E-state index in [2.05, 4.69) is 9.97 Å². The Balaban J connectivity index is 3.17. The zero-order valence-electron chi connectivity index (χ0n) is 4.50. The molecule has 48 valence electrons. The predicted octanol–water partition coefficient (Wildman–Crippen LogP) is 0.246. The zero-order valence-corrected chi connectivity index (χ0v) is 6.66. The van der Waals surface area contributed by atoms with Gasteiger partial charge in [-0.2, -0.15) is 0 Å². The SMILES string of the molecule is Nc1cnc(I)nc1N. The molecule has 0 aliphatic rings. The topological polar surface area (TPSA) is 77.8 Å². The van der Waals surface area contributed by atoms with Crippen LogP contribution < -0.4 is 11.5 Å². The van der Waals surface area contributed by atoms with E-state index in [1.54, 1.807) is 0 Å². The van der Waals surface area contributed by atoms with Gasteiger partial charge in [0.1, 0.15) is 0 Å². The number of nitrogen functional groups attached to an aromatic ring is 2. The average Bonchev–Trinajstić information content (AvgIpc) is 1.80. The van der Waals surface area contributed by atoms with Crippen LogP contribution in [0.4, 0.5) is 11.5 Å². The van der Waals surface area contributed by atoms with Crippen molar-refractivity contribution in [3.63, 3.8) is 0 Å². The molecule has 0 fully saturated rings. The number of nitrogens with zero attached hydrogens (tertiary/aromatic N) is 2. The molecule has 0 bridgehead atoms. The predicted molar refractivity (Wildman–Crippen MR) is 43.6 cm³/mol. The number of halogens is 1. The monoisotopic (exact) mass is 236 g/mol. The number of aromatic nitrogens is 2. The highest BCUT2D eigenvalue weighted by molar-refractivity contribution is 14.1. The third-order valence-corrected chi connectivity index (χ3v) is 1.34. The maximum absolute atomic E-state index is 5.34. The first-order chi connectivity index (χ1) is 4.20. The van der Waals surface area contributed by atoms with Crippen molar-refractivity contribution in [2.75, 3.05) is 11.5 Å². The zero-order chi connectivity index (χ0) is 6.85. The van der Waals surface area contributed by atoms with Crippen LogP contribution in [0.3, 0.4) is 0 Å². The summed E-state index contributed by atoms with van der Waals surface area (Å²) in [5, 5.41) is 0. The Morgan fingerprint density at radius 2 is 2.11 bits per heavy atom. The molecule has 0 amide bonds. The van der Waals surface area contributed by atoms with Crippen molar-refractivity contribution < 1.29 is 0 Å². The van der Waals surface area contributed by atoms with Gasteiger partial charge in [-0.1, -0.05) is 0 Å². The minimum absolute atomic E-state index is 0.342. The quantitative estimate of drug-likeness (QED) is 0.499. The van der Waals surface area contributed by atoms with E-state index in [9.17, 15) is 0 Å². The Morgan fingerprint density at radius 1 is 1.44 bits per heavy atom. The van der Waals surface area contributed by atoms with Crippen molar-refractivity contribution in [3.05, 3.63) is 10.0 Å². The number of hydrogen-bond donors (Lipinski definition) is 2. The van der Waals surface area contributed by atoms with Crippen LogP contribution in [-0.2, 0) is 0 Å². The van der Waals surface area contributed by atoms with E-state index in [1.807, 2.05) is 22.6 Å². The van der Waals surface area contributed by atoms with Crippen LogP contribution in [0, 0.1) is 3.83 Å². The molecule has 1 aromatic heterocycles. The minimum atomic E-state index is 0.342.